The third-order valence-electron chi connectivity index (χ3n) is 3.76. The maximum atomic E-state index is 12.3. The van der Waals surface area contributed by atoms with Gasteiger partial charge >= 0.3 is 0 Å². The molecule has 1 fully saturated rings. The Hall–Kier alpha value is -1.49. The van der Waals surface area contributed by atoms with Crippen molar-refractivity contribution in [3.63, 3.8) is 0 Å². The van der Waals surface area contributed by atoms with Crippen molar-refractivity contribution in [2.24, 2.45) is 0 Å². The fraction of sp³-hybridized carbons (Fsp3) is 0.500. The van der Waals surface area contributed by atoms with Crippen molar-refractivity contribution in [3.05, 3.63) is 29.8 Å². The molecular weight excluding hydrogens is 284 g/mol. The van der Waals surface area contributed by atoms with Crippen LogP contribution in [0.25, 0.3) is 0 Å². The molecule has 0 unspecified atom stereocenters. The second-order valence-electron chi connectivity index (χ2n) is 5.77. The minimum absolute atomic E-state index is 0.0504. The molecule has 5 heteroatoms. The molecule has 2 rings (SSSR count). The summed E-state index contributed by atoms with van der Waals surface area (Å²) in [5.74, 6) is 0.707. The van der Waals surface area contributed by atoms with Gasteiger partial charge in [0.2, 0.25) is 11.8 Å². The molecule has 1 saturated heterocycles. The minimum atomic E-state index is -0.746. The molecule has 0 spiro atoms. The van der Waals surface area contributed by atoms with E-state index < -0.39 is 5.54 Å². The predicted molar refractivity (Wildman–Crippen MR) is 85.3 cm³/mol. The van der Waals surface area contributed by atoms with Gasteiger partial charge in [0.05, 0.1) is 0 Å². The quantitative estimate of drug-likeness (QED) is 0.868. The number of nitrogens with zero attached hydrogens (tertiary/aromatic N) is 1. The summed E-state index contributed by atoms with van der Waals surface area (Å²) in [6.07, 6.45) is 0.454. The molecule has 1 aliphatic rings. The van der Waals surface area contributed by atoms with Crippen molar-refractivity contribution < 1.29 is 9.59 Å². The van der Waals surface area contributed by atoms with E-state index >= 15 is 0 Å². The van der Waals surface area contributed by atoms with Gasteiger partial charge in [0.1, 0.15) is 5.54 Å². The van der Waals surface area contributed by atoms with Crippen molar-refractivity contribution >= 4 is 23.6 Å². The lowest BCUT2D eigenvalue weighted by molar-refractivity contribution is -0.148. The van der Waals surface area contributed by atoms with Crippen LogP contribution in [0, 0.1) is 6.92 Å². The Balaban J connectivity index is 1.87. The molecule has 1 aromatic rings. The Labute approximate surface area is 130 Å². The normalized spacial score (nSPS) is 17.5. The first-order valence-electron chi connectivity index (χ1n) is 7.19. The van der Waals surface area contributed by atoms with E-state index in [9.17, 15) is 9.59 Å². The number of piperazine rings is 1. The predicted octanol–water partition coefficient (Wildman–Crippen LogP) is 2.21. The summed E-state index contributed by atoms with van der Waals surface area (Å²) >= 11 is 1.67. The second-order valence-corrected chi connectivity index (χ2v) is 6.94. The molecule has 0 bridgehead atoms. The number of benzene rings is 1. The molecular formula is C16H22N2O2S. The molecule has 0 atom stereocenters. The van der Waals surface area contributed by atoms with E-state index in [2.05, 4.69) is 36.5 Å². The zero-order valence-electron chi connectivity index (χ0n) is 12.8. The van der Waals surface area contributed by atoms with E-state index in [1.54, 1.807) is 30.5 Å². The highest BCUT2D eigenvalue weighted by atomic mass is 32.2. The second kappa shape index (κ2) is 6.52. The van der Waals surface area contributed by atoms with Crippen molar-refractivity contribution in [1.82, 2.24) is 10.2 Å². The van der Waals surface area contributed by atoms with E-state index in [0.717, 1.165) is 5.75 Å². The first kappa shape index (κ1) is 15.9. The molecule has 0 aliphatic carbocycles. The number of hydrogen-bond acceptors (Lipinski definition) is 3. The van der Waals surface area contributed by atoms with Crippen LogP contribution in [0.3, 0.4) is 0 Å². The third-order valence-corrected chi connectivity index (χ3v) is 4.77. The van der Waals surface area contributed by atoms with Crippen LogP contribution in [0.1, 0.15) is 25.8 Å². The Morgan fingerprint density at radius 1 is 1.33 bits per heavy atom. The van der Waals surface area contributed by atoms with Crippen LogP contribution < -0.4 is 5.32 Å². The molecule has 0 aromatic heterocycles. The summed E-state index contributed by atoms with van der Waals surface area (Å²) in [5, 5.41) is 2.81. The lowest BCUT2D eigenvalue weighted by Gasteiger charge is -2.41. The number of hydrogen-bond donors (Lipinski definition) is 1. The highest BCUT2D eigenvalue weighted by Gasteiger charge is 2.39. The summed E-state index contributed by atoms with van der Waals surface area (Å²) < 4.78 is 0. The van der Waals surface area contributed by atoms with Gasteiger partial charge in [-0.1, -0.05) is 17.7 Å². The van der Waals surface area contributed by atoms with Gasteiger partial charge in [-0.05, 0) is 32.9 Å². The van der Waals surface area contributed by atoms with Crippen molar-refractivity contribution in [1.29, 1.82) is 0 Å². The average Bonchev–Trinajstić information content (AvgIpc) is 2.44. The van der Waals surface area contributed by atoms with Crippen LogP contribution in [-0.2, 0) is 9.59 Å². The molecule has 114 valence electrons. The van der Waals surface area contributed by atoms with Crippen LogP contribution >= 0.6 is 11.8 Å². The number of nitrogens with one attached hydrogen (secondary N) is 1. The number of thioether (sulfide) groups is 1. The zero-order chi connectivity index (χ0) is 15.5. The molecule has 1 aliphatic heterocycles. The maximum absolute atomic E-state index is 12.3. The van der Waals surface area contributed by atoms with Crippen molar-refractivity contribution in [2.75, 3.05) is 18.8 Å². The summed E-state index contributed by atoms with van der Waals surface area (Å²) in [6, 6.07) is 8.29. The van der Waals surface area contributed by atoms with Gasteiger partial charge in [-0.25, -0.2) is 0 Å². The van der Waals surface area contributed by atoms with Crippen molar-refractivity contribution in [2.45, 2.75) is 37.6 Å². The Morgan fingerprint density at radius 3 is 2.67 bits per heavy atom. The first-order chi connectivity index (χ1) is 9.91. The smallest absolute Gasteiger partial charge is 0.245 e. The van der Waals surface area contributed by atoms with Crippen molar-refractivity contribution in [3.8, 4) is 0 Å². The van der Waals surface area contributed by atoms with Crippen LogP contribution in [0.2, 0.25) is 0 Å². The molecule has 1 N–H and O–H groups in total. The Morgan fingerprint density at radius 2 is 2.00 bits per heavy atom. The highest BCUT2D eigenvalue weighted by molar-refractivity contribution is 7.99. The Kier molecular flexibility index (Phi) is 4.93. The van der Waals surface area contributed by atoms with Gasteiger partial charge in [-0.3, -0.25) is 9.59 Å². The van der Waals surface area contributed by atoms with E-state index in [0.29, 0.717) is 19.5 Å². The number of carbonyl (C=O) groups is 2. The molecule has 1 aromatic carbocycles. The van der Waals surface area contributed by atoms with E-state index in [4.69, 9.17) is 0 Å². The fourth-order valence-corrected chi connectivity index (χ4v) is 3.20. The van der Waals surface area contributed by atoms with Crippen LogP contribution in [0.5, 0.6) is 0 Å². The standard InChI is InChI=1S/C16H22N2O2S/c1-12-4-6-13(7-5-12)21-11-8-14(19)18-10-9-17-15(20)16(18,2)3/h4-7H,8-11H2,1-3H3,(H,17,20). The van der Waals surface area contributed by atoms with E-state index in [1.165, 1.54) is 10.5 Å². The SMILES string of the molecule is Cc1ccc(SCCC(=O)N2CCNC(=O)C2(C)C)cc1. The monoisotopic (exact) mass is 306 g/mol. The summed E-state index contributed by atoms with van der Waals surface area (Å²) in [7, 11) is 0. The zero-order valence-corrected chi connectivity index (χ0v) is 13.6. The lowest BCUT2D eigenvalue weighted by atomic mass is 9.98. The van der Waals surface area contributed by atoms with E-state index in [1.807, 2.05) is 0 Å². The van der Waals surface area contributed by atoms with E-state index in [-0.39, 0.29) is 11.8 Å². The largest absolute Gasteiger partial charge is 0.352 e. The van der Waals surface area contributed by atoms with Gasteiger partial charge in [0.15, 0.2) is 0 Å². The average molecular weight is 306 g/mol. The third kappa shape index (κ3) is 3.79. The molecule has 1 heterocycles. The maximum Gasteiger partial charge on any atom is 0.245 e. The Bertz CT molecular complexity index is 526. The summed E-state index contributed by atoms with van der Waals surface area (Å²) in [5.41, 5.74) is 0.487. The topological polar surface area (TPSA) is 49.4 Å². The minimum Gasteiger partial charge on any atom is -0.352 e. The van der Waals surface area contributed by atoms with Gasteiger partial charge in [-0.2, -0.15) is 0 Å². The number of amides is 2. The molecule has 4 nitrogen and oxygen atoms in total. The first-order valence-corrected chi connectivity index (χ1v) is 8.18. The number of aryl methyl sites for hydroxylation is 1. The van der Waals surface area contributed by atoms with Gasteiger partial charge in [0, 0.05) is 30.2 Å². The van der Waals surface area contributed by atoms with Crippen LogP contribution in [0.4, 0.5) is 0 Å². The highest BCUT2D eigenvalue weighted by Crippen LogP contribution is 2.22. The van der Waals surface area contributed by atoms with Gasteiger partial charge < -0.3 is 10.2 Å². The fourth-order valence-electron chi connectivity index (χ4n) is 2.36. The van der Waals surface area contributed by atoms with Crippen LogP contribution in [-0.4, -0.2) is 41.1 Å². The summed E-state index contributed by atoms with van der Waals surface area (Å²) in [6.45, 7) is 6.78. The van der Waals surface area contributed by atoms with Gasteiger partial charge in [-0.15, -0.1) is 11.8 Å². The number of rotatable bonds is 4. The summed E-state index contributed by atoms with van der Waals surface area (Å²) in [4.78, 5) is 27.1. The van der Waals surface area contributed by atoms with Gasteiger partial charge in [0.25, 0.3) is 0 Å². The molecule has 0 saturated carbocycles. The molecule has 21 heavy (non-hydrogen) atoms. The number of carbonyl (C=O) groups excluding carboxylic acids is 2. The van der Waals surface area contributed by atoms with Crippen LogP contribution in [0.15, 0.2) is 29.2 Å². The molecule has 2 amide bonds. The molecule has 0 radical (unpaired) electrons. The lowest BCUT2D eigenvalue weighted by Crippen LogP contribution is -2.63.